The van der Waals surface area contributed by atoms with E-state index in [0.29, 0.717) is 0 Å². The van der Waals surface area contributed by atoms with Crippen molar-refractivity contribution in [2.24, 2.45) is 0 Å². The van der Waals surface area contributed by atoms with Gasteiger partial charge in [-0.25, -0.2) is 4.79 Å². The van der Waals surface area contributed by atoms with E-state index in [1.54, 1.807) is 6.92 Å². The minimum atomic E-state index is -1.01. The highest BCUT2D eigenvalue weighted by Gasteiger charge is 2.48. The molecule has 112 valence electrons. The summed E-state index contributed by atoms with van der Waals surface area (Å²) in [5, 5.41) is 2.81. The maximum absolute atomic E-state index is 12.8. The zero-order valence-corrected chi connectivity index (χ0v) is 13.6. The van der Waals surface area contributed by atoms with Gasteiger partial charge in [-0.1, -0.05) is 64.5 Å². The average molecular weight is 359 g/mol. The van der Waals surface area contributed by atoms with Gasteiger partial charge in [0.15, 0.2) is 0 Å². The van der Waals surface area contributed by atoms with E-state index >= 15 is 0 Å². The summed E-state index contributed by atoms with van der Waals surface area (Å²) in [6.45, 7) is 1.98. The zero-order chi connectivity index (χ0) is 15.7. The van der Waals surface area contributed by atoms with Crippen LogP contribution in [0.3, 0.4) is 0 Å². The summed E-state index contributed by atoms with van der Waals surface area (Å²) < 4.78 is 0.879. The molecular formula is C17H15BrN2O2. The van der Waals surface area contributed by atoms with E-state index in [2.05, 4.69) is 21.2 Å². The molecule has 0 bridgehead atoms. The molecule has 0 radical (unpaired) electrons. The van der Waals surface area contributed by atoms with Gasteiger partial charge in [0.2, 0.25) is 0 Å². The second kappa shape index (κ2) is 5.57. The molecule has 1 atom stereocenters. The second-order valence-corrected chi connectivity index (χ2v) is 6.26. The molecule has 1 fully saturated rings. The van der Waals surface area contributed by atoms with E-state index in [9.17, 15) is 9.59 Å². The number of halogens is 1. The smallest absolute Gasteiger partial charge is 0.319 e. The lowest BCUT2D eigenvalue weighted by atomic mass is 9.92. The van der Waals surface area contributed by atoms with Crippen molar-refractivity contribution in [2.45, 2.75) is 19.0 Å². The van der Waals surface area contributed by atoms with Gasteiger partial charge in [0.25, 0.3) is 5.91 Å². The molecule has 1 aliphatic heterocycles. The van der Waals surface area contributed by atoms with Crippen molar-refractivity contribution >= 4 is 27.9 Å². The van der Waals surface area contributed by atoms with Crippen molar-refractivity contribution in [2.75, 3.05) is 0 Å². The van der Waals surface area contributed by atoms with Gasteiger partial charge < -0.3 is 5.32 Å². The average Bonchev–Trinajstić information content (AvgIpc) is 2.75. The number of urea groups is 1. The zero-order valence-electron chi connectivity index (χ0n) is 12.0. The third-order valence-electron chi connectivity index (χ3n) is 3.91. The van der Waals surface area contributed by atoms with Gasteiger partial charge in [-0.15, -0.1) is 0 Å². The second-order valence-electron chi connectivity index (χ2n) is 5.40. The van der Waals surface area contributed by atoms with Gasteiger partial charge in [0.1, 0.15) is 5.54 Å². The number of amides is 3. The van der Waals surface area contributed by atoms with E-state index in [1.807, 2.05) is 54.6 Å². The molecule has 1 N–H and O–H groups in total. The predicted octanol–water partition coefficient (Wildman–Crippen LogP) is 3.42. The third-order valence-corrected chi connectivity index (χ3v) is 4.69. The Hall–Kier alpha value is -2.14. The number of nitrogens with zero attached hydrogens (tertiary/aromatic N) is 1. The molecule has 1 saturated heterocycles. The van der Waals surface area contributed by atoms with Crippen LogP contribution in [-0.4, -0.2) is 16.8 Å². The Kier molecular flexibility index (Phi) is 3.74. The molecule has 0 spiro atoms. The third kappa shape index (κ3) is 2.41. The predicted molar refractivity (Wildman–Crippen MR) is 87.0 cm³/mol. The number of carbonyl (C=O) groups is 2. The number of benzene rings is 2. The molecule has 3 rings (SSSR count). The molecule has 2 aromatic carbocycles. The van der Waals surface area contributed by atoms with Crippen LogP contribution in [0.4, 0.5) is 4.79 Å². The first-order valence-corrected chi connectivity index (χ1v) is 7.75. The largest absolute Gasteiger partial charge is 0.325 e. The van der Waals surface area contributed by atoms with Crippen molar-refractivity contribution in [3.8, 4) is 0 Å². The first-order valence-electron chi connectivity index (χ1n) is 6.95. The van der Waals surface area contributed by atoms with E-state index in [-0.39, 0.29) is 18.5 Å². The normalized spacial score (nSPS) is 21.1. The molecule has 0 unspecified atom stereocenters. The number of nitrogens with one attached hydrogen (secondary N) is 1. The Morgan fingerprint density at radius 1 is 1.05 bits per heavy atom. The summed E-state index contributed by atoms with van der Waals surface area (Å²) >= 11 is 3.45. The monoisotopic (exact) mass is 358 g/mol. The fourth-order valence-electron chi connectivity index (χ4n) is 2.60. The van der Waals surface area contributed by atoms with Crippen LogP contribution in [0.2, 0.25) is 0 Å². The number of rotatable bonds is 3. The molecule has 22 heavy (non-hydrogen) atoms. The van der Waals surface area contributed by atoms with Crippen molar-refractivity contribution in [1.82, 2.24) is 10.2 Å². The Labute approximate surface area is 137 Å². The van der Waals surface area contributed by atoms with Crippen LogP contribution >= 0.6 is 15.9 Å². The maximum atomic E-state index is 12.8. The fraction of sp³-hybridized carbons (Fsp3) is 0.176. The summed E-state index contributed by atoms with van der Waals surface area (Å²) in [5.74, 6) is -0.237. The molecule has 0 aromatic heterocycles. The molecule has 0 saturated carbocycles. The summed E-state index contributed by atoms with van der Waals surface area (Å²) in [6.07, 6.45) is 0. The Balaban J connectivity index is 1.91. The quantitative estimate of drug-likeness (QED) is 0.854. The molecule has 3 amide bonds. The molecule has 0 aliphatic carbocycles. The maximum Gasteiger partial charge on any atom is 0.325 e. The van der Waals surface area contributed by atoms with Crippen molar-refractivity contribution in [3.05, 3.63) is 70.2 Å². The fourth-order valence-corrected chi connectivity index (χ4v) is 3.01. The molecule has 5 heteroatoms. The summed E-state index contributed by atoms with van der Waals surface area (Å²) in [7, 11) is 0. The van der Waals surface area contributed by atoms with Crippen molar-refractivity contribution in [1.29, 1.82) is 0 Å². The van der Waals surface area contributed by atoms with Crippen LogP contribution in [0.1, 0.15) is 18.1 Å². The van der Waals surface area contributed by atoms with Crippen LogP contribution in [0.25, 0.3) is 0 Å². The highest BCUT2D eigenvalue weighted by Crippen LogP contribution is 2.30. The van der Waals surface area contributed by atoms with Gasteiger partial charge in [-0.3, -0.25) is 9.69 Å². The van der Waals surface area contributed by atoms with Gasteiger partial charge >= 0.3 is 6.03 Å². The topological polar surface area (TPSA) is 49.4 Å². The van der Waals surface area contributed by atoms with E-state index in [4.69, 9.17) is 0 Å². The van der Waals surface area contributed by atoms with E-state index < -0.39 is 5.54 Å². The first kappa shape index (κ1) is 14.8. The lowest BCUT2D eigenvalue weighted by Gasteiger charge is -2.22. The van der Waals surface area contributed by atoms with E-state index in [0.717, 1.165) is 15.6 Å². The van der Waals surface area contributed by atoms with Crippen LogP contribution < -0.4 is 5.32 Å². The lowest BCUT2D eigenvalue weighted by Crippen LogP contribution is -2.40. The SMILES string of the molecule is C[C@@]1(c2ccccc2)NC(=O)N(Cc2ccccc2Br)C1=O. The Morgan fingerprint density at radius 2 is 1.68 bits per heavy atom. The minimum Gasteiger partial charge on any atom is -0.319 e. The molecule has 2 aromatic rings. The van der Waals surface area contributed by atoms with Crippen LogP contribution in [0.5, 0.6) is 0 Å². The van der Waals surface area contributed by atoms with Gasteiger partial charge in [-0.2, -0.15) is 0 Å². The number of carbonyl (C=O) groups excluding carboxylic acids is 2. The standard InChI is InChI=1S/C17H15BrN2O2/c1-17(13-8-3-2-4-9-13)15(21)20(16(22)19-17)11-12-7-5-6-10-14(12)18/h2-10H,11H2,1H3,(H,19,22)/t17-/m0/s1. The van der Waals surface area contributed by atoms with Crippen LogP contribution in [0, 0.1) is 0 Å². The lowest BCUT2D eigenvalue weighted by molar-refractivity contribution is -0.131. The number of imide groups is 1. The molecule has 1 heterocycles. The number of hydrogen-bond acceptors (Lipinski definition) is 2. The van der Waals surface area contributed by atoms with Crippen LogP contribution in [-0.2, 0) is 16.9 Å². The molecule has 1 aliphatic rings. The van der Waals surface area contributed by atoms with Crippen LogP contribution in [0.15, 0.2) is 59.1 Å². The molecular weight excluding hydrogens is 344 g/mol. The van der Waals surface area contributed by atoms with Crippen molar-refractivity contribution in [3.63, 3.8) is 0 Å². The first-order chi connectivity index (χ1) is 10.5. The summed E-state index contributed by atoms with van der Waals surface area (Å²) in [6, 6.07) is 16.5. The van der Waals surface area contributed by atoms with E-state index in [1.165, 1.54) is 4.90 Å². The highest BCUT2D eigenvalue weighted by molar-refractivity contribution is 9.10. The Bertz CT molecular complexity index is 732. The number of hydrogen-bond donors (Lipinski definition) is 1. The van der Waals surface area contributed by atoms with Gasteiger partial charge in [0, 0.05) is 4.47 Å². The minimum absolute atomic E-state index is 0.237. The Morgan fingerprint density at radius 3 is 2.36 bits per heavy atom. The van der Waals surface area contributed by atoms with Gasteiger partial charge in [0.05, 0.1) is 6.54 Å². The molecule has 4 nitrogen and oxygen atoms in total. The van der Waals surface area contributed by atoms with Crippen molar-refractivity contribution < 1.29 is 9.59 Å². The summed E-state index contributed by atoms with van der Waals surface area (Å²) in [5.41, 5.74) is 0.658. The highest BCUT2D eigenvalue weighted by atomic mass is 79.9. The van der Waals surface area contributed by atoms with Gasteiger partial charge in [-0.05, 0) is 24.1 Å². The summed E-state index contributed by atoms with van der Waals surface area (Å²) in [4.78, 5) is 26.3.